The molecule has 0 heterocycles. The second-order valence-corrected chi connectivity index (χ2v) is 6.91. The highest BCUT2D eigenvalue weighted by atomic mass is 16.1. The fraction of sp³-hybridized carbons (Fsp3) is 0.632. The molecule has 2 rings (SSSR count). The molecule has 1 aromatic carbocycles. The summed E-state index contributed by atoms with van der Waals surface area (Å²) in [6, 6.07) is 8.27. The van der Waals surface area contributed by atoms with Crippen LogP contribution in [0.3, 0.4) is 0 Å². The second kappa shape index (κ2) is 6.74. The summed E-state index contributed by atoms with van der Waals surface area (Å²) < 4.78 is 0. The molecule has 21 heavy (non-hydrogen) atoms. The van der Waals surface area contributed by atoms with Gasteiger partial charge in [-0.25, -0.2) is 0 Å². The molecule has 1 saturated carbocycles. The Hall–Kier alpha value is -1.15. The molecule has 0 bridgehead atoms. The van der Waals surface area contributed by atoms with Crippen molar-refractivity contribution in [2.75, 3.05) is 14.1 Å². The average molecular weight is 287 g/mol. The summed E-state index contributed by atoms with van der Waals surface area (Å²) in [5.41, 5.74) is 1.87. The molecule has 1 aliphatic rings. The van der Waals surface area contributed by atoms with Crippen molar-refractivity contribution in [1.29, 1.82) is 0 Å². The number of benzene rings is 1. The van der Waals surface area contributed by atoms with E-state index in [0.717, 1.165) is 37.7 Å². The topological polar surface area (TPSA) is 20.3 Å². The van der Waals surface area contributed by atoms with Crippen molar-refractivity contribution in [2.24, 2.45) is 5.92 Å². The van der Waals surface area contributed by atoms with Crippen LogP contribution in [0.15, 0.2) is 24.3 Å². The van der Waals surface area contributed by atoms with E-state index in [1.807, 2.05) is 12.1 Å². The lowest BCUT2D eigenvalue weighted by Crippen LogP contribution is -2.53. The smallest absolute Gasteiger partial charge is 0.183 e. The number of rotatable bonds is 5. The van der Waals surface area contributed by atoms with E-state index in [0.29, 0.717) is 11.7 Å². The van der Waals surface area contributed by atoms with E-state index in [1.54, 1.807) is 0 Å². The maximum absolute atomic E-state index is 13.2. The molecule has 0 spiro atoms. The molecule has 0 N–H and O–H groups in total. The van der Waals surface area contributed by atoms with Gasteiger partial charge in [0, 0.05) is 5.56 Å². The lowest BCUT2D eigenvalue weighted by Gasteiger charge is -2.44. The maximum Gasteiger partial charge on any atom is 0.183 e. The van der Waals surface area contributed by atoms with E-state index in [1.165, 1.54) is 12.0 Å². The molecule has 2 heteroatoms. The van der Waals surface area contributed by atoms with E-state index in [2.05, 4.69) is 45.0 Å². The van der Waals surface area contributed by atoms with E-state index in [9.17, 15) is 4.79 Å². The molecule has 0 aromatic heterocycles. The summed E-state index contributed by atoms with van der Waals surface area (Å²) >= 11 is 0. The molecule has 116 valence electrons. The van der Waals surface area contributed by atoms with E-state index in [4.69, 9.17) is 0 Å². The fourth-order valence-corrected chi connectivity index (χ4v) is 3.76. The van der Waals surface area contributed by atoms with Gasteiger partial charge in [0.05, 0.1) is 5.54 Å². The van der Waals surface area contributed by atoms with Crippen molar-refractivity contribution < 1.29 is 4.79 Å². The van der Waals surface area contributed by atoms with Crippen LogP contribution in [0.4, 0.5) is 0 Å². The van der Waals surface area contributed by atoms with Gasteiger partial charge in [0.1, 0.15) is 0 Å². The van der Waals surface area contributed by atoms with Crippen LogP contribution in [-0.2, 0) is 6.42 Å². The third-order valence-electron chi connectivity index (χ3n) is 4.98. The van der Waals surface area contributed by atoms with Crippen molar-refractivity contribution in [3.05, 3.63) is 35.4 Å². The summed E-state index contributed by atoms with van der Waals surface area (Å²) in [5, 5.41) is 0. The number of carbonyl (C=O) groups excluding carboxylic acids is 1. The van der Waals surface area contributed by atoms with E-state index < -0.39 is 0 Å². The number of hydrogen-bond acceptors (Lipinski definition) is 2. The van der Waals surface area contributed by atoms with Crippen LogP contribution in [0.2, 0.25) is 0 Å². The van der Waals surface area contributed by atoms with E-state index >= 15 is 0 Å². The zero-order chi connectivity index (χ0) is 15.5. The predicted octanol–water partition coefficient (Wildman–Crippen LogP) is 4.33. The number of nitrogens with zero attached hydrogens (tertiary/aromatic N) is 1. The highest BCUT2D eigenvalue weighted by Gasteiger charge is 2.43. The number of hydrogen-bond donors (Lipinski definition) is 0. The monoisotopic (exact) mass is 287 g/mol. The molecular weight excluding hydrogens is 258 g/mol. The van der Waals surface area contributed by atoms with Crippen molar-refractivity contribution >= 4 is 5.78 Å². The van der Waals surface area contributed by atoms with Gasteiger partial charge in [-0.05, 0) is 50.9 Å². The van der Waals surface area contributed by atoms with Crippen LogP contribution in [0, 0.1) is 5.92 Å². The first-order chi connectivity index (χ1) is 9.99. The van der Waals surface area contributed by atoms with Crippen molar-refractivity contribution in [3.8, 4) is 0 Å². The molecule has 0 amide bonds. The van der Waals surface area contributed by atoms with Crippen molar-refractivity contribution in [3.63, 3.8) is 0 Å². The quantitative estimate of drug-likeness (QED) is 0.751. The van der Waals surface area contributed by atoms with Gasteiger partial charge in [0.15, 0.2) is 5.78 Å². The molecule has 1 aromatic rings. The Morgan fingerprint density at radius 3 is 2.76 bits per heavy atom. The van der Waals surface area contributed by atoms with Gasteiger partial charge in [-0.15, -0.1) is 0 Å². The molecular formula is C19H29NO. The molecule has 0 saturated heterocycles. The summed E-state index contributed by atoms with van der Waals surface area (Å²) in [4.78, 5) is 15.4. The minimum Gasteiger partial charge on any atom is -0.297 e. The van der Waals surface area contributed by atoms with E-state index in [-0.39, 0.29) is 5.54 Å². The number of ketones is 1. The fourth-order valence-electron chi connectivity index (χ4n) is 3.76. The molecule has 1 fully saturated rings. The van der Waals surface area contributed by atoms with Crippen molar-refractivity contribution in [2.45, 2.75) is 57.9 Å². The summed E-state index contributed by atoms with van der Waals surface area (Å²) in [7, 11) is 4.12. The Kier molecular flexibility index (Phi) is 5.21. The molecule has 2 atom stereocenters. The van der Waals surface area contributed by atoms with Crippen molar-refractivity contribution in [1.82, 2.24) is 4.90 Å². The maximum atomic E-state index is 13.2. The Labute approximate surface area is 129 Å². The van der Waals surface area contributed by atoms with Gasteiger partial charge < -0.3 is 0 Å². The number of likely N-dealkylation sites (N-methyl/N-ethyl adjacent to an activating group) is 1. The highest BCUT2D eigenvalue weighted by molar-refractivity contribution is 6.03. The van der Waals surface area contributed by atoms with Gasteiger partial charge in [0.25, 0.3) is 0 Å². The summed E-state index contributed by atoms with van der Waals surface area (Å²) in [5.74, 6) is 0.945. The zero-order valence-corrected chi connectivity index (χ0v) is 14.0. The van der Waals surface area contributed by atoms with Crippen LogP contribution in [-0.4, -0.2) is 30.3 Å². The highest BCUT2D eigenvalue weighted by Crippen LogP contribution is 2.38. The van der Waals surface area contributed by atoms with Gasteiger partial charge >= 0.3 is 0 Å². The van der Waals surface area contributed by atoms with Crippen LogP contribution < -0.4 is 0 Å². The first-order valence-electron chi connectivity index (χ1n) is 8.31. The zero-order valence-electron chi connectivity index (χ0n) is 14.0. The second-order valence-electron chi connectivity index (χ2n) is 6.91. The summed E-state index contributed by atoms with van der Waals surface area (Å²) in [6.45, 7) is 4.46. The first-order valence-corrected chi connectivity index (χ1v) is 8.31. The Morgan fingerprint density at radius 2 is 2.14 bits per heavy atom. The minimum atomic E-state index is -0.303. The molecule has 0 radical (unpaired) electrons. The predicted molar refractivity (Wildman–Crippen MR) is 88.8 cm³/mol. The molecule has 2 unspecified atom stereocenters. The third kappa shape index (κ3) is 3.37. The normalized spacial score (nSPS) is 26.0. The Balaban J connectivity index is 2.32. The lowest BCUT2D eigenvalue weighted by atomic mass is 9.71. The van der Waals surface area contributed by atoms with Gasteiger partial charge in [-0.3, -0.25) is 9.69 Å². The van der Waals surface area contributed by atoms with Crippen LogP contribution in [0.25, 0.3) is 0 Å². The lowest BCUT2D eigenvalue weighted by molar-refractivity contribution is 0.0486. The number of carbonyl (C=O) groups is 1. The molecule has 2 nitrogen and oxygen atoms in total. The van der Waals surface area contributed by atoms with Crippen LogP contribution in [0.5, 0.6) is 0 Å². The largest absolute Gasteiger partial charge is 0.297 e. The third-order valence-corrected chi connectivity index (χ3v) is 4.98. The van der Waals surface area contributed by atoms with Gasteiger partial charge in [-0.1, -0.05) is 51.3 Å². The molecule has 1 aliphatic carbocycles. The first kappa shape index (κ1) is 16.2. The number of aryl methyl sites for hydroxylation is 1. The van der Waals surface area contributed by atoms with Crippen LogP contribution in [0.1, 0.15) is 61.9 Å². The minimum absolute atomic E-state index is 0.303. The Morgan fingerprint density at radius 1 is 1.38 bits per heavy atom. The van der Waals surface area contributed by atoms with Gasteiger partial charge in [-0.2, -0.15) is 0 Å². The van der Waals surface area contributed by atoms with Crippen LogP contribution >= 0.6 is 0 Å². The Bertz CT molecular complexity index is 494. The SMILES string of the molecule is CCCc1cccc(C(=O)C2(N(C)C)CCCC(C)C2)c1. The molecule has 0 aliphatic heterocycles. The summed E-state index contributed by atoms with van der Waals surface area (Å²) in [6.07, 6.45) is 6.54. The average Bonchev–Trinajstić information content (AvgIpc) is 2.47. The van der Waals surface area contributed by atoms with Gasteiger partial charge in [0.2, 0.25) is 0 Å². The number of Topliss-reactive ketones (excluding diaryl/α,β-unsaturated/α-hetero) is 1. The standard InChI is InChI=1S/C19H29NO/c1-5-8-16-10-6-11-17(13-16)18(21)19(20(3)4)12-7-9-15(2)14-19/h6,10-11,13,15H,5,7-9,12,14H2,1-4H3.